The van der Waals surface area contributed by atoms with Crippen LogP contribution >= 0.6 is 0 Å². The predicted molar refractivity (Wildman–Crippen MR) is 241 cm³/mol. The zero-order valence-corrected chi connectivity index (χ0v) is 31.7. The summed E-state index contributed by atoms with van der Waals surface area (Å²) in [5.41, 5.74) is 16.9. The van der Waals surface area contributed by atoms with E-state index in [1.165, 1.54) is 22.3 Å². The summed E-state index contributed by atoms with van der Waals surface area (Å²) in [4.78, 5) is 14.5. The van der Waals surface area contributed by atoms with E-state index < -0.39 is 0 Å². The van der Waals surface area contributed by atoms with E-state index in [1.54, 1.807) is 0 Å². The monoisotopic (exact) mass is 742 g/mol. The lowest BCUT2D eigenvalue weighted by molar-refractivity contribution is 0.931. The minimum Gasteiger partial charge on any atom is -0.260 e. The summed E-state index contributed by atoms with van der Waals surface area (Å²) in [6.45, 7) is 0. The summed E-state index contributed by atoms with van der Waals surface area (Å²) in [6.07, 6.45) is 0. The molecule has 0 aliphatic carbocycles. The second-order valence-electron chi connectivity index (χ2n) is 14.6. The van der Waals surface area contributed by atoms with Crippen LogP contribution in [0, 0.1) is 0 Å². The van der Waals surface area contributed by atoms with Crippen molar-refractivity contribution in [3.63, 3.8) is 0 Å². The summed E-state index contributed by atoms with van der Waals surface area (Å²) in [7, 11) is 0. The van der Waals surface area contributed by atoms with E-state index in [-0.39, 0.29) is 5.69 Å². The van der Waals surface area contributed by atoms with Gasteiger partial charge in [-0.3, -0.25) is 9.13 Å². The molecule has 0 amide bonds. The van der Waals surface area contributed by atoms with Crippen LogP contribution in [0.15, 0.2) is 235 Å². The van der Waals surface area contributed by atoms with Crippen molar-refractivity contribution in [1.82, 2.24) is 9.13 Å². The molecule has 0 aliphatic rings. The number of benzene rings is 9. The lowest BCUT2D eigenvalue weighted by Gasteiger charge is -2.12. The highest BCUT2D eigenvalue weighted by Gasteiger charge is 2.17. The Balaban J connectivity index is 1.02. The predicted octanol–water partition coefficient (Wildman–Crippen LogP) is 13.8. The van der Waals surface area contributed by atoms with Gasteiger partial charge in [0.2, 0.25) is 0 Å². The molecule has 0 saturated heterocycles. The normalized spacial score (nSPS) is 11.2. The summed E-state index contributed by atoms with van der Waals surface area (Å²) in [5, 5.41) is 0. The molecule has 10 rings (SSSR count). The van der Waals surface area contributed by atoms with Gasteiger partial charge in [0.15, 0.2) is 0 Å². The Bertz CT molecular complexity index is 2750. The van der Waals surface area contributed by atoms with E-state index in [9.17, 15) is 4.79 Å². The largest absolute Gasteiger partial charge is 0.338 e. The number of imidazole rings is 1. The van der Waals surface area contributed by atoms with Crippen molar-refractivity contribution >= 4 is 11.0 Å². The topological polar surface area (TPSA) is 26.9 Å². The van der Waals surface area contributed by atoms with Crippen LogP contribution in [0.25, 0.3) is 89.2 Å². The first kappa shape index (κ1) is 34.7. The van der Waals surface area contributed by atoms with Gasteiger partial charge < -0.3 is 0 Å². The average Bonchev–Trinajstić information content (AvgIpc) is 3.61. The summed E-state index contributed by atoms with van der Waals surface area (Å²) >= 11 is 0. The van der Waals surface area contributed by atoms with Gasteiger partial charge in [0, 0.05) is 0 Å². The molecule has 3 nitrogen and oxygen atoms in total. The molecule has 0 unspecified atom stereocenters. The second-order valence-corrected chi connectivity index (χ2v) is 14.6. The number of hydrogen-bond donors (Lipinski definition) is 0. The molecule has 0 aliphatic heterocycles. The number of hydrogen-bond acceptors (Lipinski definition) is 1. The Hall–Kier alpha value is -7.75. The molecule has 0 saturated carbocycles. The maximum atomic E-state index is 14.5. The average molecular weight is 743 g/mol. The number of fused-ring (bicyclic) bond motifs is 1. The SMILES string of the molecule is O=c1n(-c2ccc(-c3cc(-c4ccccc4)cc(-c4ccccc4)c3)cc2)c2ccccc2n1-c1ccc(-c2cc(-c3ccccc3)cc(-c3ccccc3)c2)cc1. The summed E-state index contributed by atoms with van der Waals surface area (Å²) < 4.78 is 3.64. The molecule has 274 valence electrons. The molecule has 0 radical (unpaired) electrons. The molecule has 1 aromatic heterocycles. The summed E-state index contributed by atoms with van der Waals surface area (Å²) in [5.74, 6) is 0. The number of aromatic nitrogens is 2. The lowest BCUT2D eigenvalue weighted by atomic mass is 9.93. The van der Waals surface area contributed by atoms with Crippen molar-refractivity contribution in [2.24, 2.45) is 0 Å². The molecule has 0 atom stereocenters. The van der Waals surface area contributed by atoms with Crippen molar-refractivity contribution in [1.29, 1.82) is 0 Å². The molecule has 0 bridgehead atoms. The van der Waals surface area contributed by atoms with Gasteiger partial charge >= 0.3 is 5.69 Å². The molecule has 0 N–H and O–H groups in total. The first-order valence-corrected chi connectivity index (χ1v) is 19.6. The van der Waals surface area contributed by atoms with Gasteiger partial charge in [-0.05, 0) is 140 Å². The number of para-hydroxylation sites is 2. The van der Waals surface area contributed by atoms with E-state index in [4.69, 9.17) is 0 Å². The smallest absolute Gasteiger partial charge is 0.260 e. The van der Waals surface area contributed by atoms with Gasteiger partial charge in [-0.15, -0.1) is 0 Å². The quantitative estimate of drug-likeness (QED) is 0.152. The van der Waals surface area contributed by atoms with Crippen LogP contribution < -0.4 is 5.69 Å². The first-order valence-electron chi connectivity index (χ1n) is 19.6. The van der Waals surface area contributed by atoms with Crippen LogP contribution in [-0.2, 0) is 0 Å². The molecule has 9 aromatic carbocycles. The minimum absolute atomic E-state index is 0.114. The van der Waals surface area contributed by atoms with Gasteiger partial charge in [-0.1, -0.05) is 158 Å². The molecular formula is C55H38N2O. The Kier molecular flexibility index (Phi) is 9.02. The maximum Gasteiger partial charge on any atom is 0.338 e. The zero-order valence-electron chi connectivity index (χ0n) is 31.7. The Morgan fingerprint density at radius 2 is 0.448 bits per heavy atom. The van der Waals surface area contributed by atoms with Crippen molar-refractivity contribution in [2.75, 3.05) is 0 Å². The Labute approximate surface area is 338 Å². The van der Waals surface area contributed by atoms with Crippen LogP contribution in [-0.4, -0.2) is 9.13 Å². The standard InChI is InChI=1S/C55H38N2O/c58-55-56(51-29-25-43(26-30-51)49-35-45(39-15-5-1-6-16-39)33-46(36-49)40-17-7-2-8-18-40)53-23-13-14-24-54(53)57(55)52-31-27-44(28-32-52)50-37-47(41-19-9-3-10-20-41)34-48(38-50)42-21-11-4-12-22-42/h1-38H. The Morgan fingerprint density at radius 1 is 0.224 bits per heavy atom. The summed E-state index contributed by atoms with van der Waals surface area (Å²) in [6, 6.07) is 80.2. The van der Waals surface area contributed by atoms with E-state index in [1.807, 2.05) is 57.7 Å². The fourth-order valence-corrected chi connectivity index (χ4v) is 8.03. The Morgan fingerprint density at radius 3 is 0.707 bits per heavy atom. The van der Waals surface area contributed by atoms with Gasteiger partial charge in [0.1, 0.15) is 0 Å². The molecule has 3 heteroatoms. The third-order valence-corrected chi connectivity index (χ3v) is 11.0. The first-order chi connectivity index (χ1) is 28.7. The lowest BCUT2D eigenvalue weighted by Crippen LogP contribution is -2.22. The molecule has 58 heavy (non-hydrogen) atoms. The highest BCUT2D eigenvalue weighted by atomic mass is 16.1. The molecule has 10 aromatic rings. The molecule has 0 fully saturated rings. The van der Waals surface area contributed by atoms with Gasteiger partial charge in [0.25, 0.3) is 0 Å². The van der Waals surface area contributed by atoms with E-state index in [0.29, 0.717) is 0 Å². The highest BCUT2D eigenvalue weighted by Crippen LogP contribution is 2.35. The van der Waals surface area contributed by atoms with Crippen molar-refractivity contribution in [3.8, 4) is 78.1 Å². The third-order valence-electron chi connectivity index (χ3n) is 11.0. The second kappa shape index (κ2) is 15.1. The number of nitrogens with zero attached hydrogens (tertiary/aromatic N) is 2. The highest BCUT2D eigenvalue weighted by molar-refractivity contribution is 5.84. The number of rotatable bonds is 8. The van der Waals surface area contributed by atoms with E-state index in [2.05, 4.69) is 182 Å². The van der Waals surface area contributed by atoms with Crippen LogP contribution in [0.2, 0.25) is 0 Å². The van der Waals surface area contributed by atoms with Gasteiger partial charge in [-0.25, -0.2) is 4.79 Å². The van der Waals surface area contributed by atoms with Crippen LogP contribution in [0.1, 0.15) is 0 Å². The fraction of sp³-hybridized carbons (Fsp3) is 0. The molecular weight excluding hydrogens is 705 g/mol. The van der Waals surface area contributed by atoms with Crippen molar-refractivity contribution < 1.29 is 0 Å². The van der Waals surface area contributed by atoms with E-state index >= 15 is 0 Å². The van der Waals surface area contributed by atoms with Crippen LogP contribution in [0.4, 0.5) is 0 Å². The van der Waals surface area contributed by atoms with Gasteiger partial charge in [-0.2, -0.15) is 0 Å². The molecule has 0 spiro atoms. The third kappa shape index (κ3) is 6.65. The van der Waals surface area contributed by atoms with Crippen LogP contribution in [0.5, 0.6) is 0 Å². The van der Waals surface area contributed by atoms with Crippen LogP contribution in [0.3, 0.4) is 0 Å². The van der Waals surface area contributed by atoms with Crippen molar-refractivity contribution in [2.45, 2.75) is 0 Å². The zero-order chi connectivity index (χ0) is 38.8. The van der Waals surface area contributed by atoms with E-state index in [0.717, 1.165) is 66.9 Å². The maximum absolute atomic E-state index is 14.5. The molecule has 1 heterocycles. The van der Waals surface area contributed by atoms with Gasteiger partial charge in [0.05, 0.1) is 22.4 Å². The fourth-order valence-electron chi connectivity index (χ4n) is 8.03. The minimum atomic E-state index is -0.114. The van der Waals surface area contributed by atoms with Crippen molar-refractivity contribution in [3.05, 3.63) is 241 Å².